The van der Waals surface area contributed by atoms with Crippen molar-refractivity contribution >= 4 is 22.8 Å². The van der Waals surface area contributed by atoms with Crippen LogP contribution in [-0.2, 0) is 20.7 Å². The zero-order valence-corrected chi connectivity index (χ0v) is 14.3. The summed E-state index contributed by atoms with van der Waals surface area (Å²) < 4.78 is 5.03. The third-order valence-corrected chi connectivity index (χ3v) is 3.99. The predicted molar refractivity (Wildman–Crippen MR) is 94.7 cm³/mol. The van der Waals surface area contributed by atoms with E-state index in [4.69, 9.17) is 4.74 Å². The lowest BCUT2D eigenvalue weighted by Gasteiger charge is -2.06. The van der Waals surface area contributed by atoms with Crippen molar-refractivity contribution < 1.29 is 14.3 Å². The van der Waals surface area contributed by atoms with Crippen LogP contribution in [0.5, 0.6) is 0 Å². The second-order valence-electron chi connectivity index (χ2n) is 5.93. The Morgan fingerprint density at radius 2 is 2.00 bits per heavy atom. The fraction of sp³-hybridized carbons (Fsp3) is 0.474. The first kappa shape index (κ1) is 18.0. The number of hydrogen-bond donors (Lipinski definition) is 2. The summed E-state index contributed by atoms with van der Waals surface area (Å²) in [7, 11) is 0. The number of nitrogens with one attached hydrogen (secondary N) is 2. The number of carbonyl (C=O) groups excluding carboxylic acids is 2. The number of unbranched alkanes of at least 4 members (excludes halogenated alkanes) is 3. The topological polar surface area (TPSA) is 71.2 Å². The minimum absolute atomic E-state index is 0.194. The van der Waals surface area contributed by atoms with Crippen molar-refractivity contribution in [2.75, 3.05) is 13.2 Å². The van der Waals surface area contributed by atoms with Gasteiger partial charge in [0, 0.05) is 30.1 Å². The Morgan fingerprint density at radius 3 is 2.83 bits per heavy atom. The van der Waals surface area contributed by atoms with Gasteiger partial charge in [-0.25, -0.2) is 0 Å². The number of benzene rings is 1. The van der Waals surface area contributed by atoms with Gasteiger partial charge in [-0.15, -0.1) is 0 Å². The quantitative estimate of drug-likeness (QED) is 0.518. The Morgan fingerprint density at radius 1 is 1.17 bits per heavy atom. The van der Waals surface area contributed by atoms with E-state index in [-0.39, 0.29) is 24.9 Å². The average molecular weight is 330 g/mol. The van der Waals surface area contributed by atoms with Crippen LogP contribution in [-0.4, -0.2) is 30.0 Å². The number of para-hydroxylation sites is 1. The number of rotatable bonds is 10. The molecule has 0 aliphatic carbocycles. The Bertz CT molecular complexity index is 663. The van der Waals surface area contributed by atoms with Crippen LogP contribution in [0, 0.1) is 0 Å². The van der Waals surface area contributed by atoms with E-state index in [1.807, 2.05) is 30.5 Å². The monoisotopic (exact) mass is 330 g/mol. The molecule has 2 aromatic rings. The molecular weight excluding hydrogens is 304 g/mol. The maximum atomic E-state index is 11.8. The molecule has 0 saturated heterocycles. The first-order valence-corrected chi connectivity index (χ1v) is 8.68. The molecule has 130 valence electrons. The second-order valence-corrected chi connectivity index (χ2v) is 5.93. The van der Waals surface area contributed by atoms with Crippen molar-refractivity contribution in [3.8, 4) is 0 Å². The lowest BCUT2D eigenvalue weighted by molar-refractivity contribution is -0.148. The zero-order valence-electron chi connectivity index (χ0n) is 14.3. The zero-order chi connectivity index (χ0) is 17.2. The smallest absolute Gasteiger partial charge is 0.306 e. The van der Waals surface area contributed by atoms with Crippen molar-refractivity contribution in [2.45, 2.75) is 45.4 Å². The molecule has 0 radical (unpaired) electrons. The lowest BCUT2D eigenvalue weighted by Crippen LogP contribution is -2.29. The van der Waals surface area contributed by atoms with Gasteiger partial charge < -0.3 is 15.0 Å². The molecule has 0 aliphatic heterocycles. The van der Waals surface area contributed by atoms with Gasteiger partial charge in [0.1, 0.15) is 0 Å². The van der Waals surface area contributed by atoms with E-state index in [0.29, 0.717) is 13.0 Å². The summed E-state index contributed by atoms with van der Waals surface area (Å²) in [5.74, 6) is -0.576. The number of H-pyrrole nitrogens is 1. The number of ether oxygens (including phenoxy) is 1. The van der Waals surface area contributed by atoms with Crippen LogP contribution < -0.4 is 5.32 Å². The first-order chi connectivity index (χ1) is 11.7. The molecule has 1 heterocycles. The molecular formula is C19H26N2O3. The number of hydrogen-bond acceptors (Lipinski definition) is 3. The molecule has 5 heteroatoms. The molecule has 5 nitrogen and oxygen atoms in total. The van der Waals surface area contributed by atoms with Crippen molar-refractivity contribution in [1.29, 1.82) is 0 Å². The molecule has 0 unspecified atom stereocenters. The largest absolute Gasteiger partial charge is 0.456 e. The Hall–Kier alpha value is -2.30. The van der Waals surface area contributed by atoms with Crippen molar-refractivity contribution in [2.24, 2.45) is 0 Å². The van der Waals surface area contributed by atoms with Gasteiger partial charge in [0.15, 0.2) is 6.61 Å². The van der Waals surface area contributed by atoms with Crippen LogP contribution >= 0.6 is 0 Å². The third kappa shape index (κ3) is 5.72. The highest BCUT2D eigenvalue weighted by atomic mass is 16.5. The Labute approximate surface area is 142 Å². The summed E-state index contributed by atoms with van der Waals surface area (Å²) in [5.41, 5.74) is 2.14. The van der Waals surface area contributed by atoms with Crippen LogP contribution in [0.2, 0.25) is 0 Å². The minimum Gasteiger partial charge on any atom is -0.456 e. The highest BCUT2D eigenvalue weighted by molar-refractivity contribution is 5.84. The number of carbonyl (C=O) groups is 2. The fourth-order valence-corrected chi connectivity index (χ4v) is 2.62. The van der Waals surface area contributed by atoms with Gasteiger partial charge in [-0.05, 0) is 24.5 Å². The van der Waals surface area contributed by atoms with Gasteiger partial charge in [-0.3, -0.25) is 9.59 Å². The van der Waals surface area contributed by atoms with Crippen molar-refractivity contribution in [3.05, 3.63) is 36.0 Å². The van der Waals surface area contributed by atoms with Gasteiger partial charge in [-0.1, -0.05) is 44.4 Å². The van der Waals surface area contributed by atoms with Gasteiger partial charge in [0.2, 0.25) is 0 Å². The molecule has 24 heavy (non-hydrogen) atoms. The second kappa shape index (κ2) is 9.75. The SMILES string of the molecule is CCCCCCNC(=O)COC(=O)CCc1c[nH]c2ccccc12. The van der Waals surface area contributed by atoms with E-state index in [1.54, 1.807) is 0 Å². The number of aromatic amines is 1. The number of amides is 1. The van der Waals surface area contributed by atoms with E-state index >= 15 is 0 Å². The molecule has 2 rings (SSSR count). The molecule has 0 bridgehead atoms. The van der Waals surface area contributed by atoms with Crippen LogP contribution in [0.3, 0.4) is 0 Å². The normalized spacial score (nSPS) is 10.7. The van der Waals surface area contributed by atoms with Crippen LogP contribution in [0.15, 0.2) is 30.5 Å². The number of aromatic nitrogens is 1. The summed E-state index contributed by atoms with van der Waals surface area (Å²) in [5, 5.41) is 3.89. The van der Waals surface area contributed by atoms with Crippen LogP contribution in [0.25, 0.3) is 10.9 Å². The molecule has 0 saturated carbocycles. The molecule has 2 N–H and O–H groups in total. The van der Waals surface area contributed by atoms with E-state index in [0.717, 1.165) is 29.3 Å². The summed E-state index contributed by atoms with van der Waals surface area (Å²) in [4.78, 5) is 26.6. The molecule has 1 aromatic carbocycles. The van der Waals surface area contributed by atoms with Gasteiger partial charge >= 0.3 is 5.97 Å². The summed E-state index contributed by atoms with van der Waals surface area (Å²) in [6.07, 6.45) is 7.21. The molecule has 0 aliphatic rings. The molecule has 1 amide bonds. The molecule has 0 atom stereocenters. The summed E-state index contributed by atoms with van der Waals surface area (Å²) in [6.45, 7) is 2.60. The fourth-order valence-electron chi connectivity index (χ4n) is 2.62. The molecule has 0 fully saturated rings. The number of fused-ring (bicyclic) bond motifs is 1. The van der Waals surface area contributed by atoms with Crippen molar-refractivity contribution in [3.63, 3.8) is 0 Å². The van der Waals surface area contributed by atoms with Gasteiger partial charge in [0.25, 0.3) is 5.91 Å². The average Bonchev–Trinajstić information content (AvgIpc) is 3.01. The Kier molecular flexibility index (Phi) is 7.33. The van der Waals surface area contributed by atoms with Gasteiger partial charge in [-0.2, -0.15) is 0 Å². The standard InChI is InChI=1S/C19H26N2O3/c1-2-3-4-7-12-20-18(22)14-24-19(23)11-10-15-13-21-17-9-6-5-8-16(15)17/h5-6,8-9,13,21H,2-4,7,10-12,14H2,1H3,(H,20,22). The van der Waals surface area contributed by atoms with E-state index in [1.165, 1.54) is 12.8 Å². The van der Waals surface area contributed by atoms with E-state index in [9.17, 15) is 9.59 Å². The van der Waals surface area contributed by atoms with Gasteiger partial charge in [0.05, 0.1) is 0 Å². The molecule has 1 aromatic heterocycles. The maximum Gasteiger partial charge on any atom is 0.306 e. The Balaban J connectivity index is 1.64. The van der Waals surface area contributed by atoms with Crippen LogP contribution in [0.1, 0.15) is 44.6 Å². The number of esters is 1. The maximum absolute atomic E-state index is 11.8. The minimum atomic E-state index is -0.346. The predicted octanol–water partition coefficient (Wildman–Crippen LogP) is 3.34. The highest BCUT2D eigenvalue weighted by Gasteiger charge is 2.09. The lowest BCUT2D eigenvalue weighted by atomic mass is 10.1. The first-order valence-electron chi connectivity index (χ1n) is 8.68. The van der Waals surface area contributed by atoms with E-state index in [2.05, 4.69) is 17.2 Å². The summed E-state index contributed by atoms with van der Waals surface area (Å²) in [6, 6.07) is 7.97. The van der Waals surface area contributed by atoms with Crippen LogP contribution in [0.4, 0.5) is 0 Å². The molecule has 0 spiro atoms. The van der Waals surface area contributed by atoms with Crippen molar-refractivity contribution in [1.82, 2.24) is 10.3 Å². The third-order valence-electron chi connectivity index (χ3n) is 3.99. The highest BCUT2D eigenvalue weighted by Crippen LogP contribution is 2.19. The van der Waals surface area contributed by atoms with E-state index < -0.39 is 0 Å². The summed E-state index contributed by atoms with van der Waals surface area (Å²) >= 11 is 0. The number of aryl methyl sites for hydroxylation is 1.